The summed E-state index contributed by atoms with van der Waals surface area (Å²) >= 11 is 0. The molecule has 0 spiro atoms. The molecule has 1 N–H and O–H groups in total. The van der Waals surface area contributed by atoms with Crippen LogP contribution < -0.4 is 10.1 Å². The molecule has 0 saturated heterocycles. The van der Waals surface area contributed by atoms with Crippen LogP contribution in [0.2, 0.25) is 0 Å². The van der Waals surface area contributed by atoms with E-state index in [4.69, 9.17) is 4.65 Å². The van der Waals surface area contributed by atoms with Gasteiger partial charge < -0.3 is 9.68 Å². The molecule has 1 aliphatic heterocycles. The number of fused-ring (bicyclic) bond motifs is 3. The van der Waals surface area contributed by atoms with E-state index >= 15 is 0 Å². The van der Waals surface area contributed by atoms with E-state index in [1.165, 1.54) is 0 Å². The van der Waals surface area contributed by atoms with Gasteiger partial charge >= 0.3 is 7.12 Å². The van der Waals surface area contributed by atoms with Crippen LogP contribution in [-0.4, -0.2) is 12.1 Å². The Balaban J connectivity index is 2.02. The van der Waals surface area contributed by atoms with E-state index in [0.29, 0.717) is 0 Å². The van der Waals surface area contributed by atoms with Crippen molar-refractivity contribution in [3.63, 3.8) is 0 Å². The van der Waals surface area contributed by atoms with Crippen molar-refractivity contribution in [1.82, 2.24) is 0 Å². The molecule has 0 amide bonds. The average molecular weight is 286 g/mol. The normalized spacial score (nSPS) is 12.4. The lowest BCUT2D eigenvalue weighted by atomic mass is 9.71. The molecule has 0 bridgehead atoms. The number of hydrogen-bond donors (Lipinski definition) is 1. The molecule has 2 nitrogen and oxygen atoms in total. The Morgan fingerprint density at radius 1 is 0.818 bits per heavy atom. The topological polar surface area (TPSA) is 29.5 Å². The van der Waals surface area contributed by atoms with E-state index < -0.39 is 7.12 Å². The lowest BCUT2D eigenvalue weighted by Crippen LogP contribution is -2.41. The van der Waals surface area contributed by atoms with E-state index in [0.717, 1.165) is 39.0 Å². The van der Waals surface area contributed by atoms with E-state index in [-0.39, 0.29) is 0 Å². The molecule has 0 saturated carbocycles. The molecule has 3 heteroatoms. The van der Waals surface area contributed by atoms with Crippen molar-refractivity contribution in [3.8, 4) is 28.0 Å². The van der Waals surface area contributed by atoms with E-state index in [9.17, 15) is 5.02 Å². The molecule has 0 fully saturated rings. The number of rotatable bonds is 1. The van der Waals surface area contributed by atoms with Crippen LogP contribution in [0.3, 0.4) is 0 Å². The van der Waals surface area contributed by atoms with Gasteiger partial charge in [-0.3, -0.25) is 0 Å². The van der Waals surface area contributed by atoms with Crippen LogP contribution in [0.1, 0.15) is 5.56 Å². The monoisotopic (exact) mass is 286 g/mol. The Morgan fingerprint density at radius 2 is 1.55 bits per heavy atom. The standard InChI is InChI=1S/C19H15BO2/c1-13-11-12-15(14-7-3-2-4-8-14)19-18(13)16-9-5-6-10-17(16)20(21)22-19/h2-12,21H,1H3. The van der Waals surface area contributed by atoms with Gasteiger partial charge in [-0.15, -0.1) is 0 Å². The highest BCUT2D eigenvalue weighted by Crippen LogP contribution is 2.42. The highest BCUT2D eigenvalue weighted by Gasteiger charge is 2.32. The van der Waals surface area contributed by atoms with Crippen molar-refractivity contribution in [2.45, 2.75) is 6.92 Å². The van der Waals surface area contributed by atoms with Crippen LogP contribution in [-0.2, 0) is 0 Å². The smallest absolute Gasteiger partial charge is 0.531 e. The fraction of sp³-hybridized carbons (Fsp3) is 0.0526. The van der Waals surface area contributed by atoms with Crippen molar-refractivity contribution >= 4 is 12.6 Å². The lowest BCUT2D eigenvalue weighted by molar-refractivity contribution is 0.432. The van der Waals surface area contributed by atoms with Crippen molar-refractivity contribution in [3.05, 3.63) is 72.3 Å². The maximum Gasteiger partial charge on any atom is 0.560 e. The van der Waals surface area contributed by atoms with Crippen LogP contribution in [0, 0.1) is 6.92 Å². The van der Waals surface area contributed by atoms with Gasteiger partial charge in [-0.1, -0.05) is 66.7 Å². The molecule has 0 atom stereocenters. The molecule has 4 rings (SSSR count). The van der Waals surface area contributed by atoms with Crippen LogP contribution in [0.4, 0.5) is 0 Å². The molecule has 3 aromatic carbocycles. The van der Waals surface area contributed by atoms with Crippen molar-refractivity contribution < 1.29 is 9.68 Å². The highest BCUT2D eigenvalue weighted by atomic mass is 16.5. The first-order valence-corrected chi connectivity index (χ1v) is 7.39. The Hall–Kier alpha value is -2.52. The van der Waals surface area contributed by atoms with Crippen molar-refractivity contribution in [1.29, 1.82) is 0 Å². The first-order chi connectivity index (χ1) is 10.8. The molecule has 1 aliphatic rings. The zero-order valence-electron chi connectivity index (χ0n) is 12.3. The first kappa shape index (κ1) is 13.2. The average Bonchev–Trinajstić information content (AvgIpc) is 2.56. The zero-order valence-corrected chi connectivity index (χ0v) is 12.3. The van der Waals surface area contributed by atoms with Gasteiger partial charge in [-0.25, -0.2) is 0 Å². The third-order valence-electron chi connectivity index (χ3n) is 4.18. The third kappa shape index (κ3) is 1.94. The maximum absolute atomic E-state index is 10.3. The summed E-state index contributed by atoms with van der Waals surface area (Å²) in [6, 6.07) is 22.2. The predicted octanol–water partition coefficient (Wildman–Crippen LogP) is 3.41. The number of benzene rings is 3. The Bertz CT molecular complexity index is 843. The Labute approximate surface area is 130 Å². The highest BCUT2D eigenvalue weighted by molar-refractivity contribution is 6.63. The summed E-state index contributed by atoms with van der Waals surface area (Å²) in [7, 11) is -0.923. The van der Waals surface area contributed by atoms with E-state index in [1.807, 2.05) is 42.5 Å². The number of hydrogen-bond acceptors (Lipinski definition) is 2. The molecular formula is C19H15BO2. The zero-order chi connectivity index (χ0) is 15.1. The summed E-state index contributed by atoms with van der Waals surface area (Å²) < 4.78 is 5.88. The minimum Gasteiger partial charge on any atom is -0.531 e. The summed E-state index contributed by atoms with van der Waals surface area (Å²) in [5.74, 6) is 0.761. The molecule has 0 aromatic heterocycles. The molecule has 106 valence electrons. The van der Waals surface area contributed by atoms with Crippen molar-refractivity contribution in [2.75, 3.05) is 0 Å². The van der Waals surface area contributed by atoms with Gasteiger partial charge in [0.05, 0.1) is 0 Å². The van der Waals surface area contributed by atoms with Gasteiger partial charge in [0.1, 0.15) is 5.75 Å². The minimum atomic E-state index is -0.923. The third-order valence-corrected chi connectivity index (χ3v) is 4.18. The summed E-state index contributed by atoms with van der Waals surface area (Å²) in [6.45, 7) is 2.07. The number of aryl methyl sites for hydroxylation is 1. The fourth-order valence-corrected chi connectivity index (χ4v) is 3.10. The molecule has 0 aliphatic carbocycles. The van der Waals surface area contributed by atoms with Crippen LogP contribution in [0.15, 0.2) is 66.7 Å². The quantitative estimate of drug-likeness (QED) is 0.695. The molecule has 1 heterocycles. The van der Waals surface area contributed by atoms with E-state index in [2.05, 4.69) is 31.2 Å². The van der Waals surface area contributed by atoms with Gasteiger partial charge in [0.25, 0.3) is 0 Å². The molecule has 3 aromatic rings. The molecule has 0 radical (unpaired) electrons. The van der Waals surface area contributed by atoms with Gasteiger partial charge in [-0.05, 0) is 23.6 Å². The van der Waals surface area contributed by atoms with Gasteiger partial charge in [0.2, 0.25) is 0 Å². The molecule has 22 heavy (non-hydrogen) atoms. The van der Waals surface area contributed by atoms with Crippen LogP contribution >= 0.6 is 0 Å². The Morgan fingerprint density at radius 3 is 2.36 bits per heavy atom. The van der Waals surface area contributed by atoms with Crippen LogP contribution in [0.5, 0.6) is 5.75 Å². The largest absolute Gasteiger partial charge is 0.560 e. The van der Waals surface area contributed by atoms with Gasteiger partial charge in [0, 0.05) is 16.6 Å². The second kappa shape index (κ2) is 5.04. The summed E-state index contributed by atoms with van der Waals surface area (Å²) in [4.78, 5) is 0. The lowest BCUT2D eigenvalue weighted by Gasteiger charge is -2.26. The second-order valence-corrected chi connectivity index (χ2v) is 5.56. The predicted molar refractivity (Wildman–Crippen MR) is 90.3 cm³/mol. The van der Waals surface area contributed by atoms with E-state index in [1.54, 1.807) is 0 Å². The summed E-state index contributed by atoms with van der Waals surface area (Å²) in [6.07, 6.45) is 0. The van der Waals surface area contributed by atoms with Crippen molar-refractivity contribution in [2.24, 2.45) is 0 Å². The fourth-order valence-electron chi connectivity index (χ4n) is 3.10. The Kier molecular flexibility index (Phi) is 3.02. The minimum absolute atomic E-state index is 0.761. The second-order valence-electron chi connectivity index (χ2n) is 5.56. The maximum atomic E-state index is 10.3. The summed E-state index contributed by atoms with van der Waals surface area (Å²) in [5.41, 5.74) is 6.19. The van der Waals surface area contributed by atoms with Crippen LogP contribution in [0.25, 0.3) is 22.3 Å². The van der Waals surface area contributed by atoms with Gasteiger partial charge in [0.15, 0.2) is 0 Å². The molecular weight excluding hydrogens is 271 g/mol. The molecule has 0 unspecified atom stereocenters. The first-order valence-electron chi connectivity index (χ1n) is 7.39. The van der Waals surface area contributed by atoms with Gasteiger partial charge in [-0.2, -0.15) is 0 Å². The SMILES string of the molecule is Cc1ccc(-c2ccccc2)c2c1-c1ccccc1B(O)O2. The summed E-state index contributed by atoms with van der Waals surface area (Å²) in [5, 5.41) is 10.3.